The molecule has 0 aliphatic heterocycles. The lowest BCUT2D eigenvalue weighted by Crippen LogP contribution is -2.18. The van der Waals surface area contributed by atoms with Gasteiger partial charge in [0.2, 0.25) is 5.91 Å². The van der Waals surface area contributed by atoms with Gasteiger partial charge < -0.3 is 9.73 Å². The Hall–Kier alpha value is -3.44. The van der Waals surface area contributed by atoms with Gasteiger partial charge in [0.15, 0.2) is 10.7 Å². The average molecular weight is 444 g/mol. The van der Waals surface area contributed by atoms with Crippen LogP contribution < -0.4 is 15.8 Å². The van der Waals surface area contributed by atoms with Crippen molar-refractivity contribution in [3.05, 3.63) is 64.0 Å². The molecule has 2 aromatic heterocycles. The van der Waals surface area contributed by atoms with E-state index in [0.29, 0.717) is 17.8 Å². The van der Waals surface area contributed by atoms with E-state index >= 15 is 0 Å². The molecule has 4 rings (SSSR count). The Morgan fingerprint density at radius 1 is 1.20 bits per heavy atom. The molecule has 9 nitrogen and oxygen atoms in total. The van der Waals surface area contributed by atoms with Gasteiger partial charge in [-0.05, 0) is 17.7 Å². The lowest BCUT2D eigenvalue weighted by Gasteiger charge is -2.05. The maximum atomic E-state index is 12.7. The summed E-state index contributed by atoms with van der Waals surface area (Å²) in [5.74, 6) is -0.756. The van der Waals surface area contributed by atoms with Gasteiger partial charge in [-0.3, -0.25) is 14.5 Å². The molecule has 1 amide bonds. The molecule has 30 heavy (non-hydrogen) atoms. The summed E-state index contributed by atoms with van der Waals surface area (Å²) in [4.78, 5) is 29.0. The summed E-state index contributed by atoms with van der Waals surface area (Å²) < 4.78 is 32.7. The number of nitrogens with one attached hydrogen (secondary N) is 3. The highest BCUT2D eigenvalue weighted by Gasteiger charge is 2.18. The molecule has 2 aromatic carbocycles. The highest BCUT2D eigenvalue weighted by atomic mass is 32.2. The summed E-state index contributed by atoms with van der Waals surface area (Å²) in [5.41, 5.74) is 2.95. The van der Waals surface area contributed by atoms with Crippen molar-refractivity contribution in [1.29, 1.82) is 0 Å². The van der Waals surface area contributed by atoms with E-state index in [9.17, 15) is 18.0 Å². The van der Waals surface area contributed by atoms with E-state index in [1.165, 1.54) is 25.1 Å². The van der Waals surface area contributed by atoms with Gasteiger partial charge in [0, 0.05) is 30.5 Å². The number of oxazole rings is 1. The Labute approximate surface area is 174 Å². The van der Waals surface area contributed by atoms with Gasteiger partial charge in [-0.1, -0.05) is 24.3 Å². The number of amides is 1. The molecule has 0 saturated heterocycles. The van der Waals surface area contributed by atoms with Crippen LogP contribution >= 0.6 is 11.3 Å². The Balaban J connectivity index is 1.51. The number of thiazole rings is 1. The second-order valence-corrected chi connectivity index (χ2v) is 8.96. The predicted molar refractivity (Wildman–Crippen MR) is 113 cm³/mol. The summed E-state index contributed by atoms with van der Waals surface area (Å²) in [5, 5.41) is 4.68. The number of carbonyl (C=O) groups is 1. The largest absolute Gasteiger partial charge is 0.417 e. The molecule has 0 fully saturated rings. The minimum atomic E-state index is -3.90. The van der Waals surface area contributed by atoms with E-state index in [0.717, 1.165) is 22.5 Å². The SMILES string of the molecule is CC(=O)NCc1ccc(-c2csc(NS(=O)(=O)c3ccc4[nH]c(=O)oc4c3)n2)cc1. The zero-order valence-electron chi connectivity index (χ0n) is 15.6. The van der Waals surface area contributed by atoms with Gasteiger partial charge in [0.05, 0.1) is 16.1 Å². The third kappa shape index (κ3) is 4.26. The molecule has 11 heteroatoms. The fraction of sp³-hybridized carbons (Fsp3) is 0.105. The highest BCUT2D eigenvalue weighted by molar-refractivity contribution is 7.93. The Morgan fingerprint density at radius 3 is 2.70 bits per heavy atom. The smallest absolute Gasteiger partial charge is 0.408 e. The summed E-state index contributed by atoms with van der Waals surface area (Å²) >= 11 is 1.15. The molecule has 0 unspecified atom stereocenters. The van der Waals surface area contributed by atoms with Crippen molar-refractivity contribution in [1.82, 2.24) is 15.3 Å². The molecule has 154 valence electrons. The number of aromatic nitrogens is 2. The van der Waals surface area contributed by atoms with Crippen LogP contribution in [0.3, 0.4) is 0 Å². The molecule has 3 N–H and O–H groups in total. The summed E-state index contributed by atoms with van der Waals surface area (Å²) in [6.07, 6.45) is 0. The number of aromatic amines is 1. The van der Waals surface area contributed by atoms with Gasteiger partial charge >= 0.3 is 5.76 Å². The van der Waals surface area contributed by atoms with Gasteiger partial charge in [0.25, 0.3) is 10.0 Å². The summed E-state index contributed by atoms with van der Waals surface area (Å²) in [6, 6.07) is 11.6. The molecular formula is C19H16N4O5S2. The molecule has 0 spiro atoms. The van der Waals surface area contributed by atoms with Crippen LogP contribution in [0.1, 0.15) is 12.5 Å². The second kappa shape index (κ2) is 7.76. The molecule has 0 saturated carbocycles. The number of carbonyl (C=O) groups excluding carboxylic acids is 1. The Morgan fingerprint density at radius 2 is 1.97 bits per heavy atom. The standard InChI is InChI=1S/C19H16N4O5S2/c1-11(24)20-9-12-2-4-13(5-3-12)16-10-29-18(21-16)23-30(26,27)14-6-7-15-17(8-14)28-19(25)22-15/h2-8,10H,9H2,1H3,(H,20,24)(H,21,23)(H,22,25). The van der Waals surface area contributed by atoms with Gasteiger partial charge in [-0.2, -0.15) is 0 Å². The van der Waals surface area contributed by atoms with Crippen molar-refractivity contribution >= 4 is 43.5 Å². The molecular weight excluding hydrogens is 428 g/mol. The molecule has 0 aliphatic rings. The monoisotopic (exact) mass is 444 g/mol. The van der Waals surface area contributed by atoms with Crippen molar-refractivity contribution < 1.29 is 17.6 Å². The lowest BCUT2D eigenvalue weighted by molar-refractivity contribution is -0.119. The number of hydrogen-bond acceptors (Lipinski definition) is 7. The normalized spacial score (nSPS) is 11.5. The first kappa shape index (κ1) is 19.9. The summed E-state index contributed by atoms with van der Waals surface area (Å²) in [6.45, 7) is 1.89. The van der Waals surface area contributed by atoms with Crippen molar-refractivity contribution in [3.63, 3.8) is 0 Å². The van der Waals surface area contributed by atoms with Crippen LogP contribution in [-0.4, -0.2) is 24.3 Å². The number of sulfonamides is 1. The average Bonchev–Trinajstić information content (AvgIpc) is 3.31. The van der Waals surface area contributed by atoms with Crippen molar-refractivity contribution in [2.75, 3.05) is 4.72 Å². The minimum absolute atomic E-state index is 0.0446. The van der Waals surface area contributed by atoms with Crippen molar-refractivity contribution in [2.45, 2.75) is 18.4 Å². The van der Waals surface area contributed by atoms with E-state index in [2.05, 4.69) is 20.0 Å². The summed E-state index contributed by atoms with van der Waals surface area (Å²) in [7, 11) is -3.90. The Bertz CT molecular complexity index is 1380. The predicted octanol–water partition coefficient (Wildman–Crippen LogP) is 2.68. The Kier molecular flexibility index (Phi) is 5.14. The zero-order chi connectivity index (χ0) is 21.3. The molecule has 0 bridgehead atoms. The van der Waals surface area contributed by atoms with Gasteiger partial charge in [0.1, 0.15) is 0 Å². The van der Waals surface area contributed by atoms with Crippen LogP contribution in [0.15, 0.2) is 62.0 Å². The minimum Gasteiger partial charge on any atom is -0.408 e. The molecule has 0 radical (unpaired) electrons. The molecule has 4 aromatic rings. The van der Waals surface area contributed by atoms with Crippen LogP contribution in [0.2, 0.25) is 0 Å². The maximum absolute atomic E-state index is 12.7. The zero-order valence-corrected chi connectivity index (χ0v) is 17.3. The van der Waals surface area contributed by atoms with E-state index in [4.69, 9.17) is 4.42 Å². The third-order valence-electron chi connectivity index (χ3n) is 4.22. The highest BCUT2D eigenvalue weighted by Crippen LogP contribution is 2.27. The van der Waals surface area contributed by atoms with E-state index < -0.39 is 15.8 Å². The number of rotatable bonds is 6. The quantitative estimate of drug-likeness (QED) is 0.419. The number of nitrogens with zero attached hydrogens (tertiary/aromatic N) is 1. The number of H-pyrrole nitrogens is 1. The van der Waals surface area contributed by atoms with Crippen LogP contribution in [-0.2, 0) is 21.4 Å². The van der Waals surface area contributed by atoms with Gasteiger partial charge in [-0.25, -0.2) is 18.2 Å². The van der Waals surface area contributed by atoms with Gasteiger partial charge in [-0.15, -0.1) is 11.3 Å². The maximum Gasteiger partial charge on any atom is 0.417 e. The van der Waals surface area contributed by atoms with E-state index in [1.807, 2.05) is 24.3 Å². The van der Waals surface area contributed by atoms with E-state index in [1.54, 1.807) is 5.38 Å². The van der Waals surface area contributed by atoms with E-state index in [-0.39, 0.29) is 21.5 Å². The van der Waals surface area contributed by atoms with Crippen molar-refractivity contribution in [3.8, 4) is 11.3 Å². The molecule has 0 atom stereocenters. The van der Waals surface area contributed by atoms with Crippen molar-refractivity contribution in [2.24, 2.45) is 0 Å². The first-order chi connectivity index (χ1) is 14.3. The van der Waals surface area contributed by atoms with Crippen LogP contribution in [0.25, 0.3) is 22.4 Å². The van der Waals surface area contributed by atoms with Crippen LogP contribution in [0, 0.1) is 0 Å². The third-order valence-corrected chi connectivity index (χ3v) is 6.44. The second-order valence-electron chi connectivity index (χ2n) is 6.42. The first-order valence-electron chi connectivity index (χ1n) is 8.75. The van der Waals surface area contributed by atoms with Crippen LogP contribution in [0.5, 0.6) is 0 Å². The molecule has 0 aliphatic carbocycles. The topological polar surface area (TPSA) is 134 Å². The lowest BCUT2D eigenvalue weighted by atomic mass is 10.1. The fourth-order valence-corrected chi connectivity index (χ4v) is 4.73. The number of anilines is 1. The molecule has 2 heterocycles. The fourth-order valence-electron chi connectivity index (χ4n) is 2.74. The number of benzene rings is 2. The van der Waals surface area contributed by atoms with Crippen LogP contribution in [0.4, 0.5) is 5.13 Å². The first-order valence-corrected chi connectivity index (χ1v) is 11.1. The number of hydrogen-bond donors (Lipinski definition) is 3. The number of fused-ring (bicyclic) bond motifs is 1.